The van der Waals surface area contributed by atoms with Crippen LogP contribution in [0.3, 0.4) is 0 Å². The number of halogens is 1. The summed E-state index contributed by atoms with van der Waals surface area (Å²) in [5.74, 6) is -0.584. The Morgan fingerprint density at radius 3 is 2.61 bits per heavy atom. The van der Waals surface area contributed by atoms with E-state index >= 15 is 0 Å². The monoisotopic (exact) mass is 378 g/mol. The Bertz CT molecular complexity index is 712. The molecule has 23 heavy (non-hydrogen) atoms. The quantitative estimate of drug-likeness (QED) is 0.810. The maximum atomic E-state index is 12.4. The van der Waals surface area contributed by atoms with Gasteiger partial charge in [-0.15, -0.1) is 0 Å². The van der Waals surface area contributed by atoms with Gasteiger partial charge in [-0.1, -0.05) is 19.1 Å². The lowest BCUT2D eigenvalue weighted by Crippen LogP contribution is -2.26. The third-order valence-electron chi connectivity index (χ3n) is 3.20. The molecule has 1 heterocycles. The zero-order valence-corrected chi connectivity index (χ0v) is 14.7. The molecule has 2 rings (SSSR count). The smallest absolute Gasteiger partial charge is 0.273 e. The first-order chi connectivity index (χ1) is 11.1. The summed E-state index contributed by atoms with van der Waals surface area (Å²) in [6, 6.07) is 7.11. The van der Waals surface area contributed by atoms with Gasteiger partial charge in [0.05, 0.1) is 11.3 Å². The number of aromatic nitrogens is 2. The van der Waals surface area contributed by atoms with Crippen LogP contribution in [0.25, 0.3) is 0 Å². The van der Waals surface area contributed by atoms with Crippen LogP contribution in [-0.4, -0.2) is 28.1 Å². The molecule has 1 aromatic heterocycles. The van der Waals surface area contributed by atoms with Crippen molar-refractivity contribution >= 4 is 33.4 Å². The van der Waals surface area contributed by atoms with Gasteiger partial charge in [0, 0.05) is 23.8 Å². The SMILES string of the molecule is CCCNC(=O)c1nn(CC)cc1NC(=O)c1ccccc1Br. The molecular formula is C16H19BrN4O2. The number of benzene rings is 1. The third-order valence-corrected chi connectivity index (χ3v) is 3.89. The van der Waals surface area contributed by atoms with Crippen molar-refractivity contribution in [3.8, 4) is 0 Å². The third kappa shape index (κ3) is 4.19. The van der Waals surface area contributed by atoms with Crippen LogP contribution < -0.4 is 10.6 Å². The number of nitrogens with zero attached hydrogens (tertiary/aromatic N) is 2. The normalized spacial score (nSPS) is 10.4. The summed E-state index contributed by atoms with van der Waals surface area (Å²) in [6.45, 7) is 5.06. The van der Waals surface area contributed by atoms with Crippen LogP contribution in [0.2, 0.25) is 0 Å². The number of carbonyl (C=O) groups is 2. The molecule has 0 saturated carbocycles. The molecule has 0 saturated heterocycles. The van der Waals surface area contributed by atoms with Crippen molar-refractivity contribution in [2.45, 2.75) is 26.8 Å². The Morgan fingerprint density at radius 2 is 1.96 bits per heavy atom. The van der Waals surface area contributed by atoms with Crippen molar-refractivity contribution in [1.82, 2.24) is 15.1 Å². The Labute approximate surface area is 143 Å². The summed E-state index contributed by atoms with van der Waals surface area (Å²) in [5.41, 5.74) is 1.12. The van der Waals surface area contributed by atoms with Crippen molar-refractivity contribution in [1.29, 1.82) is 0 Å². The predicted octanol–water partition coefficient (Wildman–Crippen LogP) is 3.06. The first-order valence-electron chi connectivity index (χ1n) is 7.48. The molecule has 7 heteroatoms. The summed E-state index contributed by atoms with van der Waals surface area (Å²) in [4.78, 5) is 24.6. The standard InChI is InChI=1S/C16H19BrN4O2/c1-3-9-18-16(23)14-13(10-21(4-2)20-14)19-15(22)11-7-5-6-8-12(11)17/h5-8,10H,3-4,9H2,1-2H3,(H,18,23)(H,19,22). The van der Waals surface area contributed by atoms with E-state index in [-0.39, 0.29) is 17.5 Å². The molecule has 2 aromatic rings. The number of nitrogens with one attached hydrogen (secondary N) is 2. The molecule has 122 valence electrons. The molecule has 0 radical (unpaired) electrons. The van der Waals surface area contributed by atoms with E-state index in [1.54, 1.807) is 29.1 Å². The van der Waals surface area contributed by atoms with Gasteiger partial charge in [-0.2, -0.15) is 5.10 Å². The van der Waals surface area contributed by atoms with E-state index in [4.69, 9.17) is 0 Å². The van der Waals surface area contributed by atoms with Crippen molar-refractivity contribution in [2.24, 2.45) is 0 Å². The highest BCUT2D eigenvalue weighted by atomic mass is 79.9. The number of carbonyl (C=O) groups excluding carboxylic acids is 2. The summed E-state index contributed by atoms with van der Waals surface area (Å²) in [6.07, 6.45) is 2.49. The van der Waals surface area contributed by atoms with E-state index in [2.05, 4.69) is 31.7 Å². The maximum Gasteiger partial charge on any atom is 0.273 e. The van der Waals surface area contributed by atoms with Crippen LogP contribution in [0.5, 0.6) is 0 Å². The van der Waals surface area contributed by atoms with Crippen molar-refractivity contribution in [3.63, 3.8) is 0 Å². The summed E-state index contributed by atoms with van der Waals surface area (Å²) >= 11 is 3.35. The average Bonchev–Trinajstić information content (AvgIpc) is 2.96. The second kappa shape index (κ2) is 7.92. The number of amides is 2. The van der Waals surface area contributed by atoms with Gasteiger partial charge in [0.25, 0.3) is 11.8 Å². The first kappa shape index (κ1) is 17.2. The molecule has 0 spiro atoms. The predicted molar refractivity (Wildman–Crippen MR) is 92.6 cm³/mol. The van der Waals surface area contributed by atoms with E-state index in [0.717, 1.165) is 6.42 Å². The van der Waals surface area contributed by atoms with Gasteiger partial charge in [-0.3, -0.25) is 14.3 Å². The Balaban J connectivity index is 2.25. The van der Waals surface area contributed by atoms with Gasteiger partial charge in [-0.05, 0) is 41.4 Å². The van der Waals surface area contributed by atoms with E-state index in [1.807, 2.05) is 19.9 Å². The Kier molecular flexibility index (Phi) is 5.92. The van der Waals surface area contributed by atoms with Gasteiger partial charge in [-0.25, -0.2) is 0 Å². The van der Waals surface area contributed by atoms with E-state index in [0.29, 0.717) is 28.8 Å². The van der Waals surface area contributed by atoms with E-state index in [9.17, 15) is 9.59 Å². The molecular weight excluding hydrogens is 360 g/mol. The molecule has 6 nitrogen and oxygen atoms in total. The van der Waals surface area contributed by atoms with E-state index in [1.165, 1.54) is 0 Å². The van der Waals surface area contributed by atoms with Crippen LogP contribution in [0.4, 0.5) is 5.69 Å². The highest BCUT2D eigenvalue weighted by molar-refractivity contribution is 9.10. The number of hydrogen-bond donors (Lipinski definition) is 2. The maximum absolute atomic E-state index is 12.4. The van der Waals surface area contributed by atoms with Gasteiger partial charge in [0.15, 0.2) is 5.69 Å². The highest BCUT2D eigenvalue weighted by Gasteiger charge is 2.19. The molecule has 1 aromatic carbocycles. The van der Waals surface area contributed by atoms with Crippen LogP contribution in [0.15, 0.2) is 34.9 Å². The lowest BCUT2D eigenvalue weighted by Gasteiger charge is -2.07. The van der Waals surface area contributed by atoms with Crippen molar-refractivity contribution in [2.75, 3.05) is 11.9 Å². The number of anilines is 1. The largest absolute Gasteiger partial charge is 0.351 e. The zero-order chi connectivity index (χ0) is 16.8. The highest BCUT2D eigenvalue weighted by Crippen LogP contribution is 2.20. The van der Waals surface area contributed by atoms with Gasteiger partial charge in [0.2, 0.25) is 0 Å². The zero-order valence-electron chi connectivity index (χ0n) is 13.1. The van der Waals surface area contributed by atoms with Crippen LogP contribution >= 0.6 is 15.9 Å². The van der Waals surface area contributed by atoms with Crippen molar-refractivity contribution in [3.05, 3.63) is 46.2 Å². The Hall–Kier alpha value is -2.15. The minimum absolute atomic E-state index is 0.223. The number of hydrogen-bond acceptors (Lipinski definition) is 3. The fraction of sp³-hybridized carbons (Fsp3) is 0.312. The summed E-state index contributed by atoms with van der Waals surface area (Å²) in [5, 5.41) is 9.77. The summed E-state index contributed by atoms with van der Waals surface area (Å²) in [7, 11) is 0. The molecule has 2 N–H and O–H groups in total. The average molecular weight is 379 g/mol. The molecule has 0 aliphatic carbocycles. The van der Waals surface area contributed by atoms with Gasteiger partial charge in [0.1, 0.15) is 0 Å². The minimum Gasteiger partial charge on any atom is -0.351 e. The number of aryl methyl sites for hydroxylation is 1. The fourth-order valence-corrected chi connectivity index (χ4v) is 2.46. The van der Waals surface area contributed by atoms with Crippen LogP contribution in [0.1, 0.15) is 41.1 Å². The minimum atomic E-state index is -0.294. The lowest BCUT2D eigenvalue weighted by molar-refractivity contribution is 0.0948. The van der Waals surface area contributed by atoms with Crippen LogP contribution in [-0.2, 0) is 6.54 Å². The molecule has 0 atom stereocenters. The molecule has 2 amide bonds. The van der Waals surface area contributed by atoms with Crippen LogP contribution in [0, 0.1) is 0 Å². The Morgan fingerprint density at radius 1 is 1.22 bits per heavy atom. The van der Waals surface area contributed by atoms with E-state index < -0.39 is 0 Å². The molecule has 0 aliphatic rings. The summed E-state index contributed by atoms with van der Waals surface area (Å²) < 4.78 is 2.31. The number of rotatable bonds is 6. The molecule has 0 unspecified atom stereocenters. The second-order valence-electron chi connectivity index (χ2n) is 4.94. The molecule has 0 fully saturated rings. The lowest BCUT2D eigenvalue weighted by atomic mass is 10.2. The first-order valence-corrected chi connectivity index (χ1v) is 8.27. The van der Waals surface area contributed by atoms with Gasteiger partial charge < -0.3 is 10.6 Å². The fourth-order valence-electron chi connectivity index (χ4n) is 2.00. The van der Waals surface area contributed by atoms with Gasteiger partial charge >= 0.3 is 0 Å². The van der Waals surface area contributed by atoms with Crippen molar-refractivity contribution < 1.29 is 9.59 Å². The molecule has 0 bridgehead atoms. The second-order valence-corrected chi connectivity index (χ2v) is 5.79. The molecule has 0 aliphatic heterocycles. The topological polar surface area (TPSA) is 76.0 Å².